The number of halogens is 4. The van der Waals surface area contributed by atoms with Gasteiger partial charge < -0.3 is 5.32 Å². The van der Waals surface area contributed by atoms with Crippen molar-refractivity contribution in [3.8, 4) is 0 Å². The maximum Gasteiger partial charge on any atom is 0.235 e. The van der Waals surface area contributed by atoms with E-state index in [1.54, 1.807) is 6.07 Å². The Labute approximate surface area is 150 Å². The average Bonchev–Trinajstić information content (AvgIpc) is 3.34. The van der Waals surface area contributed by atoms with Gasteiger partial charge in [0.1, 0.15) is 11.5 Å². The van der Waals surface area contributed by atoms with Crippen molar-refractivity contribution in [2.75, 3.05) is 10.0 Å². The first-order chi connectivity index (χ1) is 11.3. The first kappa shape index (κ1) is 17.3. The molecule has 1 aliphatic rings. The molecule has 1 saturated carbocycles. The minimum absolute atomic E-state index is 0.0909. The first-order valence-electron chi connectivity index (χ1n) is 6.99. The Morgan fingerprint density at radius 2 is 1.67 bits per heavy atom. The predicted octanol–water partition coefficient (Wildman–Crippen LogP) is 4.36. The molecule has 0 unspecified atom stereocenters. The molecular formula is C15H12F3IN2O2S. The van der Waals surface area contributed by atoms with Crippen molar-refractivity contribution in [3.05, 3.63) is 51.4 Å². The van der Waals surface area contributed by atoms with Gasteiger partial charge in [-0.3, -0.25) is 4.72 Å². The summed E-state index contributed by atoms with van der Waals surface area (Å²) in [6.45, 7) is 0. The monoisotopic (exact) mass is 468 g/mol. The number of benzene rings is 2. The first-order valence-corrected chi connectivity index (χ1v) is 9.62. The molecule has 24 heavy (non-hydrogen) atoms. The van der Waals surface area contributed by atoms with E-state index in [2.05, 4.69) is 10.0 Å². The molecule has 3 rings (SSSR count). The number of nitrogens with one attached hydrogen (secondary N) is 2. The minimum atomic E-state index is -3.68. The van der Waals surface area contributed by atoms with Gasteiger partial charge in [0.05, 0.1) is 16.6 Å². The number of hydrogen-bond acceptors (Lipinski definition) is 3. The molecule has 2 aromatic carbocycles. The maximum atomic E-state index is 14.2. The molecule has 0 amide bonds. The van der Waals surface area contributed by atoms with E-state index >= 15 is 0 Å². The highest BCUT2D eigenvalue weighted by molar-refractivity contribution is 14.1. The third-order valence-corrected chi connectivity index (χ3v) is 6.03. The van der Waals surface area contributed by atoms with Crippen molar-refractivity contribution in [1.82, 2.24) is 0 Å². The van der Waals surface area contributed by atoms with Crippen LogP contribution >= 0.6 is 22.6 Å². The predicted molar refractivity (Wildman–Crippen MR) is 94.3 cm³/mol. The fourth-order valence-corrected chi connectivity index (χ4v) is 3.95. The maximum absolute atomic E-state index is 14.2. The van der Waals surface area contributed by atoms with Gasteiger partial charge in [-0.05, 0) is 65.8 Å². The molecule has 1 aliphatic carbocycles. The Kier molecular flexibility index (Phi) is 4.65. The van der Waals surface area contributed by atoms with E-state index in [1.165, 1.54) is 12.1 Å². The zero-order valence-electron chi connectivity index (χ0n) is 12.1. The second-order valence-corrected chi connectivity index (χ2v) is 8.59. The second-order valence-electron chi connectivity index (χ2n) is 5.38. The quantitative estimate of drug-likeness (QED) is 0.642. The van der Waals surface area contributed by atoms with Crippen molar-refractivity contribution in [2.45, 2.75) is 18.1 Å². The summed E-state index contributed by atoms with van der Waals surface area (Å²) in [5, 5.41) is 1.90. The zero-order chi connectivity index (χ0) is 17.5. The number of rotatable bonds is 5. The fraction of sp³-hybridized carbons (Fsp3) is 0.200. The van der Waals surface area contributed by atoms with Gasteiger partial charge in [0.2, 0.25) is 10.0 Å². The van der Waals surface area contributed by atoms with E-state index in [4.69, 9.17) is 0 Å². The van der Waals surface area contributed by atoms with Crippen LogP contribution in [0.3, 0.4) is 0 Å². The highest BCUT2D eigenvalue weighted by Crippen LogP contribution is 2.35. The lowest BCUT2D eigenvalue weighted by molar-refractivity contribution is 0.512. The van der Waals surface area contributed by atoms with Crippen LogP contribution in [0.15, 0.2) is 30.3 Å². The molecule has 0 atom stereocenters. The standard InChI is InChI=1S/C15H12F3IN2O2S/c16-10-4-6-13(21-24(22,23)9-2-3-9)15(14(10)18)20-12-5-1-8(19)7-11(12)17/h1,4-7,9,20-21H,2-3H2. The zero-order valence-corrected chi connectivity index (χ0v) is 15.1. The van der Waals surface area contributed by atoms with Gasteiger partial charge in [-0.2, -0.15) is 0 Å². The summed E-state index contributed by atoms with van der Waals surface area (Å²) in [5.74, 6) is -3.12. The van der Waals surface area contributed by atoms with Crippen molar-refractivity contribution in [3.63, 3.8) is 0 Å². The Bertz CT molecular complexity index is 902. The summed E-state index contributed by atoms with van der Waals surface area (Å²) in [5.41, 5.74) is -0.718. The SMILES string of the molecule is O=S(=O)(Nc1ccc(F)c(F)c1Nc1ccc(I)cc1F)C1CC1. The van der Waals surface area contributed by atoms with Gasteiger partial charge in [-0.25, -0.2) is 21.6 Å². The molecule has 4 nitrogen and oxygen atoms in total. The topological polar surface area (TPSA) is 58.2 Å². The molecule has 0 bridgehead atoms. The van der Waals surface area contributed by atoms with E-state index in [0.29, 0.717) is 16.4 Å². The Hall–Kier alpha value is -1.49. The van der Waals surface area contributed by atoms with Gasteiger partial charge in [0.25, 0.3) is 0 Å². The van der Waals surface area contributed by atoms with Crippen LogP contribution in [0.25, 0.3) is 0 Å². The molecule has 0 spiro atoms. The van der Waals surface area contributed by atoms with Crippen LogP contribution in [0.4, 0.5) is 30.2 Å². The molecule has 128 valence electrons. The summed E-state index contributed by atoms with van der Waals surface area (Å²) in [6, 6.07) is 6.08. The third-order valence-electron chi connectivity index (χ3n) is 3.50. The van der Waals surface area contributed by atoms with Gasteiger partial charge in [-0.1, -0.05) is 0 Å². The third kappa shape index (κ3) is 3.61. The van der Waals surface area contributed by atoms with Crippen molar-refractivity contribution < 1.29 is 21.6 Å². The van der Waals surface area contributed by atoms with Gasteiger partial charge in [0.15, 0.2) is 11.6 Å². The van der Waals surface area contributed by atoms with Crippen LogP contribution in [0, 0.1) is 21.0 Å². The van der Waals surface area contributed by atoms with Crippen molar-refractivity contribution in [2.24, 2.45) is 0 Å². The minimum Gasteiger partial charge on any atom is -0.349 e. The van der Waals surface area contributed by atoms with Crippen LogP contribution in [-0.4, -0.2) is 13.7 Å². The largest absolute Gasteiger partial charge is 0.349 e. The van der Waals surface area contributed by atoms with Crippen LogP contribution < -0.4 is 10.0 Å². The van der Waals surface area contributed by atoms with Gasteiger partial charge in [-0.15, -0.1) is 0 Å². The van der Waals surface area contributed by atoms with Crippen LogP contribution in [0.2, 0.25) is 0 Å². The van der Waals surface area contributed by atoms with E-state index in [1.807, 2.05) is 22.6 Å². The molecule has 2 N–H and O–H groups in total. The van der Waals surface area contributed by atoms with Crippen molar-refractivity contribution in [1.29, 1.82) is 0 Å². The second kappa shape index (κ2) is 6.43. The van der Waals surface area contributed by atoms with E-state index in [9.17, 15) is 21.6 Å². The van der Waals surface area contributed by atoms with Crippen LogP contribution in [0.1, 0.15) is 12.8 Å². The molecule has 0 aromatic heterocycles. The van der Waals surface area contributed by atoms with Crippen LogP contribution in [0.5, 0.6) is 0 Å². The Morgan fingerprint density at radius 3 is 2.29 bits per heavy atom. The number of anilines is 3. The lowest BCUT2D eigenvalue weighted by Gasteiger charge is -2.16. The van der Waals surface area contributed by atoms with Crippen molar-refractivity contribution >= 4 is 49.7 Å². The summed E-state index contributed by atoms with van der Waals surface area (Å²) >= 11 is 1.91. The molecule has 0 heterocycles. The highest BCUT2D eigenvalue weighted by Gasteiger charge is 2.36. The molecular weight excluding hydrogens is 456 g/mol. The number of hydrogen-bond donors (Lipinski definition) is 2. The summed E-state index contributed by atoms with van der Waals surface area (Å²) in [4.78, 5) is 0. The van der Waals surface area contributed by atoms with E-state index in [0.717, 1.165) is 12.1 Å². The number of sulfonamides is 1. The molecule has 2 aromatic rings. The summed E-state index contributed by atoms with van der Waals surface area (Å²) < 4.78 is 68.6. The van der Waals surface area contributed by atoms with Gasteiger partial charge >= 0.3 is 0 Å². The Balaban J connectivity index is 2.00. The molecule has 0 aliphatic heterocycles. The Morgan fingerprint density at radius 1 is 1.00 bits per heavy atom. The van der Waals surface area contributed by atoms with E-state index < -0.39 is 38.4 Å². The molecule has 9 heteroatoms. The summed E-state index contributed by atoms with van der Waals surface area (Å²) in [6.07, 6.45) is 1.04. The summed E-state index contributed by atoms with van der Waals surface area (Å²) in [7, 11) is -3.68. The average molecular weight is 468 g/mol. The molecule has 0 radical (unpaired) electrons. The normalized spacial score (nSPS) is 14.5. The highest BCUT2D eigenvalue weighted by atomic mass is 127. The van der Waals surface area contributed by atoms with Gasteiger partial charge in [0, 0.05) is 3.57 Å². The smallest absolute Gasteiger partial charge is 0.235 e. The fourth-order valence-electron chi connectivity index (χ4n) is 2.10. The van der Waals surface area contributed by atoms with Crippen LogP contribution in [-0.2, 0) is 10.0 Å². The molecule has 1 fully saturated rings. The lowest BCUT2D eigenvalue weighted by atomic mass is 10.2. The molecule has 0 saturated heterocycles. The van der Waals surface area contributed by atoms with E-state index in [-0.39, 0.29) is 11.4 Å². The lowest BCUT2D eigenvalue weighted by Crippen LogP contribution is -2.18.